The van der Waals surface area contributed by atoms with Gasteiger partial charge in [-0.15, -0.1) is 0 Å². The van der Waals surface area contributed by atoms with E-state index in [1.165, 1.54) is 0 Å². The first-order chi connectivity index (χ1) is 9.20. The molecule has 0 aromatic heterocycles. The smallest absolute Gasteiger partial charge is 0.124 e. The first kappa shape index (κ1) is 12.8. The molecule has 2 aliphatic rings. The summed E-state index contributed by atoms with van der Waals surface area (Å²) in [6, 6.07) is 6.14. The number of ether oxygens (including phenoxy) is 2. The second-order valence-corrected chi connectivity index (χ2v) is 5.55. The molecule has 4 nitrogen and oxygen atoms in total. The fourth-order valence-electron chi connectivity index (χ4n) is 2.79. The molecule has 2 N–H and O–H groups in total. The Hall–Kier alpha value is -1.26. The number of hydrogen-bond acceptors (Lipinski definition) is 4. The predicted octanol–water partition coefficient (Wildman–Crippen LogP) is 2.02. The van der Waals surface area contributed by atoms with Gasteiger partial charge in [0.15, 0.2) is 0 Å². The molecule has 1 saturated carbocycles. The second-order valence-electron chi connectivity index (χ2n) is 5.55. The van der Waals surface area contributed by atoms with E-state index in [-0.39, 0.29) is 6.04 Å². The van der Waals surface area contributed by atoms with E-state index in [1.807, 2.05) is 18.2 Å². The molecule has 0 spiro atoms. The summed E-state index contributed by atoms with van der Waals surface area (Å²) < 4.78 is 10.9. The molecule has 1 atom stereocenters. The maximum Gasteiger partial charge on any atom is 0.124 e. The molecular weight excluding hydrogens is 242 g/mol. The van der Waals surface area contributed by atoms with Gasteiger partial charge < -0.3 is 19.9 Å². The molecule has 19 heavy (non-hydrogen) atoms. The van der Waals surface area contributed by atoms with Crippen molar-refractivity contribution in [3.8, 4) is 11.5 Å². The molecular formula is C15H21NO3. The zero-order chi connectivity index (χ0) is 13.3. The Kier molecular flexibility index (Phi) is 3.37. The highest BCUT2D eigenvalue weighted by atomic mass is 16.5. The van der Waals surface area contributed by atoms with Crippen molar-refractivity contribution in [1.82, 2.24) is 5.32 Å². The number of rotatable bonds is 4. The normalized spacial score (nSPS) is 24.0. The van der Waals surface area contributed by atoms with Crippen LogP contribution in [0.5, 0.6) is 11.5 Å². The van der Waals surface area contributed by atoms with Gasteiger partial charge in [0.05, 0.1) is 19.3 Å². The third-order valence-corrected chi connectivity index (χ3v) is 4.22. The molecule has 1 aromatic rings. The summed E-state index contributed by atoms with van der Waals surface area (Å²) in [6.45, 7) is 1.38. The standard InChI is InChI=1S/C15H21NO3/c1-18-11-3-4-14-12(9-11)13(5-8-19-14)16-10-15(17)6-2-7-15/h3-4,9,13,16-17H,2,5-8,10H2,1H3. The van der Waals surface area contributed by atoms with Gasteiger partial charge in [-0.25, -0.2) is 0 Å². The highest BCUT2D eigenvalue weighted by Crippen LogP contribution is 2.36. The number of benzene rings is 1. The van der Waals surface area contributed by atoms with Crippen LogP contribution in [-0.2, 0) is 0 Å². The van der Waals surface area contributed by atoms with Crippen molar-refractivity contribution in [2.75, 3.05) is 20.3 Å². The number of methoxy groups -OCH3 is 1. The fourth-order valence-corrected chi connectivity index (χ4v) is 2.79. The van der Waals surface area contributed by atoms with Crippen LogP contribution in [0.3, 0.4) is 0 Å². The van der Waals surface area contributed by atoms with E-state index < -0.39 is 5.60 Å². The largest absolute Gasteiger partial charge is 0.497 e. The minimum Gasteiger partial charge on any atom is -0.497 e. The van der Waals surface area contributed by atoms with Gasteiger partial charge in [-0.2, -0.15) is 0 Å². The van der Waals surface area contributed by atoms with Crippen LogP contribution in [0.2, 0.25) is 0 Å². The predicted molar refractivity (Wildman–Crippen MR) is 72.7 cm³/mol. The maximum absolute atomic E-state index is 10.2. The summed E-state index contributed by atoms with van der Waals surface area (Å²) in [6.07, 6.45) is 3.88. The van der Waals surface area contributed by atoms with Crippen LogP contribution in [0.25, 0.3) is 0 Å². The summed E-state index contributed by atoms with van der Waals surface area (Å²) in [7, 11) is 1.67. The summed E-state index contributed by atoms with van der Waals surface area (Å²) >= 11 is 0. The number of fused-ring (bicyclic) bond motifs is 1. The van der Waals surface area contributed by atoms with E-state index in [2.05, 4.69) is 5.32 Å². The van der Waals surface area contributed by atoms with Gasteiger partial charge in [0.25, 0.3) is 0 Å². The van der Waals surface area contributed by atoms with E-state index in [0.717, 1.165) is 49.4 Å². The van der Waals surface area contributed by atoms with Crippen LogP contribution < -0.4 is 14.8 Å². The van der Waals surface area contributed by atoms with Gasteiger partial charge in [0, 0.05) is 24.6 Å². The van der Waals surface area contributed by atoms with Gasteiger partial charge in [-0.05, 0) is 37.5 Å². The van der Waals surface area contributed by atoms with E-state index in [1.54, 1.807) is 7.11 Å². The van der Waals surface area contributed by atoms with E-state index >= 15 is 0 Å². The molecule has 0 radical (unpaired) electrons. The fraction of sp³-hybridized carbons (Fsp3) is 0.600. The van der Waals surface area contributed by atoms with Crippen LogP contribution in [0.4, 0.5) is 0 Å². The molecule has 1 aliphatic carbocycles. The second kappa shape index (κ2) is 5.02. The first-order valence-electron chi connectivity index (χ1n) is 6.97. The van der Waals surface area contributed by atoms with Gasteiger partial charge in [-0.3, -0.25) is 0 Å². The molecule has 0 bridgehead atoms. The van der Waals surface area contributed by atoms with Crippen LogP contribution in [0, 0.1) is 0 Å². The topological polar surface area (TPSA) is 50.7 Å². The molecule has 104 valence electrons. The van der Waals surface area contributed by atoms with Crippen molar-refractivity contribution in [2.45, 2.75) is 37.3 Å². The van der Waals surface area contributed by atoms with Crippen molar-refractivity contribution >= 4 is 0 Å². The Bertz CT molecular complexity index is 457. The van der Waals surface area contributed by atoms with E-state index in [4.69, 9.17) is 9.47 Å². The minimum absolute atomic E-state index is 0.239. The lowest BCUT2D eigenvalue weighted by molar-refractivity contribution is -0.0340. The quantitative estimate of drug-likeness (QED) is 0.872. The number of nitrogens with one attached hydrogen (secondary N) is 1. The SMILES string of the molecule is COc1ccc2c(c1)C(NCC1(O)CCC1)CCO2. The minimum atomic E-state index is -0.489. The molecule has 4 heteroatoms. The molecule has 0 saturated heterocycles. The Labute approximate surface area is 113 Å². The Balaban J connectivity index is 1.73. The monoisotopic (exact) mass is 263 g/mol. The van der Waals surface area contributed by atoms with E-state index in [9.17, 15) is 5.11 Å². The molecule has 3 rings (SSSR count). The van der Waals surface area contributed by atoms with E-state index in [0.29, 0.717) is 6.54 Å². The van der Waals surface area contributed by atoms with Crippen LogP contribution in [0.1, 0.15) is 37.3 Å². The molecule has 1 fully saturated rings. The highest BCUT2D eigenvalue weighted by molar-refractivity contribution is 5.43. The Morgan fingerprint density at radius 1 is 1.47 bits per heavy atom. The molecule has 1 unspecified atom stereocenters. The van der Waals surface area contributed by atoms with Crippen LogP contribution >= 0.6 is 0 Å². The van der Waals surface area contributed by atoms with Crippen molar-refractivity contribution in [3.63, 3.8) is 0 Å². The molecule has 0 amide bonds. The third kappa shape index (κ3) is 2.55. The Morgan fingerprint density at radius 2 is 2.32 bits per heavy atom. The van der Waals surface area contributed by atoms with Gasteiger partial charge in [-0.1, -0.05) is 0 Å². The van der Waals surface area contributed by atoms with Crippen molar-refractivity contribution in [3.05, 3.63) is 23.8 Å². The van der Waals surface area contributed by atoms with Crippen LogP contribution in [0.15, 0.2) is 18.2 Å². The summed E-state index contributed by atoms with van der Waals surface area (Å²) in [5.74, 6) is 1.77. The van der Waals surface area contributed by atoms with Crippen molar-refractivity contribution in [2.24, 2.45) is 0 Å². The number of hydrogen-bond donors (Lipinski definition) is 2. The first-order valence-corrected chi connectivity index (χ1v) is 6.97. The maximum atomic E-state index is 10.2. The lowest BCUT2D eigenvalue weighted by Crippen LogP contribution is -2.47. The number of aliphatic hydroxyl groups is 1. The molecule has 1 aliphatic heterocycles. The third-order valence-electron chi connectivity index (χ3n) is 4.22. The zero-order valence-corrected chi connectivity index (χ0v) is 11.3. The summed E-state index contributed by atoms with van der Waals surface area (Å²) in [5, 5.41) is 13.7. The summed E-state index contributed by atoms with van der Waals surface area (Å²) in [5.41, 5.74) is 0.644. The van der Waals surface area contributed by atoms with Gasteiger partial charge >= 0.3 is 0 Å². The van der Waals surface area contributed by atoms with Crippen molar-refractivity contribution in [1.29, 1.82) is 0 Å². The van der Waals surface area contributed by atoms with Gasteiger partial charge in [0.1, 0.15) is 11.5 Å². The lowest BCUT2D eigenvalue weighted by Gasteiger charge is -2.38. The highest BCUT2D eigenvalue weighted by Gasteiger charge is 2.35. The molecule has 1 heterocycles. The average molecular weight is 263 g/mol. The molecule has 1 aromatic carbocycles. The summed E-state index contributed by atoms with van der Waals surface area (Å²) in [4.78, 5) is 0. The Morgan fingerprint density at radius 3 is 3.00 bits per heavy atom. The van der Waals surface area contributed by atoms with Gasteiger partial charge in [0.2, 0.25) is 0 Å². The van der Waals surface area contributed by atoms with Crippen LogP contribution in [-0.4, -0.2) is 31.0 Å². The average Bonchev–Trinajstić information content (AvgIpc) is 2.42. The lowest BCUT2D eigenvalue weighted by atomic mass is 9.80. The zero-order valence-electron chi connectivity index (χ0n) is 11.3. The van der Waals surface area contributed by atoms with Crippen molar-refractivity contribution < 1.29 is 14.6 Å².